The fourth-order valence-corrected chi connectivity index (χ4v) is 4.65. The number of hydrogen-bond acceptors (Lipinski definition) is 5. The molecule has 2 aromatic rings. The van der Waals surface area contributed by atoms with Crippen molar-refractivity contribution in [2.75, 3.05) is 26.7 Å². The Hall–Kier alpha value is -2.16. The molecular weight excluding hydrogens is 426 g/mol. The molecule has 0 saturated carbocycles. The summed E-state index contributed by atoms with van der Waals surface area (Å²) in [5.74, 6) is 0. The monoisotopic (exact) mass is 453 g/mol. The van der Waals surface area contributed by atoms with Crippen LogP contribution in [0, 0.1) is 0 Å². The number of amides is 1. The van der Waals surface area contributed by atoms with Crippen molar-refractivity contribution in [2.45, 2.75) is 37.6 Å². The van der Waals surface area contributed by atoms with Crippen LogP contribution in [0.25, 0.3) is 0 Å². The third-order valence-electron chi connectivity index (χ3n) is 4.70. The molecule has 1 amide bonds. The second-order valence-corrected chi connectivity index (χ2v) is 9.13. The first-order valence-corrected chi connectivity index (χ1v) is 11.7. The maximum absolute atomic E-state index is 12.2. The quantitative estimate of drug-likeness (QED) is 0.678. The molecule has 0 spiro atoms. The van der Waals surface area contributed by atoms with Gasteiger partial charge < -0.3 is 9.64 Å². The minimum atomic E-state index is -3.30. The Morgan fingerprint density at radius 2 is 1.70 bits per heavy atom. The summed E-state index contributed by atoms with van der Waals surface area (Å²) < 4.78 is 30.6. The molecule has 164 valence electrons. The summed E-state index contributed by atoms with van der Waals surface area (Å²) in [6.07, 6.45) is 6.14. The summed E-state index contributed by atoms with van der Waals surface area (Å²) >= 11 is 5.74. The summed E-state index contributed by atoms with van der Waals surface area (Å²) in [5.41, 5.74) is 1.05. The van der Waals surface area contributed by atoms with Gasteiger partial charge in [0, 0.05) is 43.6 Å². The van der Waals surface area contributed by atoms with E-state index in [9.17, 15) is 13.2 Å². The third-order valence-corrected chi connectivity index (χ3v) is 6.87. The number of aromatic nitrogens is 1. The fourth-order valence-electron chi connectivity index (χ4n) is 3.00. The van der Waals surface area contributed by atoms with E-state index in [4.69, 9.17) is 11.6 Å². The molecule has 0 unspecified atom stereocenters. The standard InChI is InChI=1S/C11H14ClNO2S.C10H14N2O2/c12-10-4-6-11(7-5-10)16(14,15)13-8-2-1-3-9-13;1-3-12(10(13)14-2)8-9-4-6-11-7-5-9/h4-7H,1-3,8-9H2;4-7H,3,8H2,1-2H3. The number of benzene rings is 1. The zero-order valence-electron chi connectivity index (χ0n) is 17.3. The number of methoxy groups -OCH3 is 1. The molecule has 7 nitrogen and oxygen atoms in total. The van der Waals surface area contributed by atoms with Gasteiger partial charge in [0.25, 0.3) is 0 Å². The Morgan fingerprint density at radius 1 is 1.10 bits per heavy atom. The molecule has 0 bridgehead atoms. The Morgan fingerprint density at radius 3 is 2.23 bits per heavy atom. The first-order chi connectivity index (χ1) is 14.4. The normalized spacial score (nSPS) is 14.4. The second-order valence-electron chi connectivity index (χ2n) is 6.76. The highest BCUT2D eigenvalue weighted by molar-refractivity contribution is 7.89. The predicted molar refractivity (Wildman–Crippen MR) is 117 cm³/mol. The molecule has 0 aliphatic carbocycles. The van der Waals surface area contributed by atoms with Crippen molar-refractivity contribution in [1.29, 1.82) is 0 Å². The number of piperidine rings is 1. The van der Waals surface area contributed by atoms with Gasteiger partial charge in [-0.25, -0.2) is 13.2 Å². The summed E-state index contributed by atoms with van der Waals surface area (Å²) in [4.78, 5) is 17.1. The minimum absolute atomic E-state index is 0.302. The summed E-state index contributed by atoms with van der Waals surface area (Å²) in [7, 11) is -1.92. The highest BCUT2D eigenvalue weighted by Crippen LogP contribution is 2.21. The van der Waals surface area contributed by atoms with Crippen LogP contribution in [0.15, 0.2) is 53.7 Å². The van der Waals surface area contributed by atoms with Crippen molar-refractivity contribution in [3.8, 4) is 0 Å². The topological polar surface area (TPSA) is 79.8 Å². The van der Waals surface area contributed by atoms with Crippen molar-refractivity contribution in [3.05, 3.63) is 59.4 Å². The van der Waals surface area contributed by atoms with Gasteiger partial charge in [-0.2, -0.15) is 4.31 Å². The van der Waals surface area contributed by atoms with Gasteiger partial charge in [0.1, 0.15) is 0 Å². The largest absolute Gasteiger partial charge is 0.453 e. The number of sulfonamides is 1. The number of hydrogen-bond donors (Lipinski definition) is 0. The molecule has 1 aromatic heterocycles. The van der Waals surface area contributed by atoms with E-state index in [0.29, 0.717) is 36.1 Å². The first-order valence-electron chi connectivity index (χ1n) is 9.86. The molecule has 3 rings (SSSR count). The molecule has 0 atom stereocenters. The van der Waals surface area contributed by atoms with Gasteiger partial charge in [-0.1, -0.05) is 18.0 Å². The Labute approximate surface area is 183 Å². The van der Waals surface area contributed by atoms with E-state index in [0.717, 1.165) is 24.8 Å². The Bertz CT molecular complexity index is 886. The van der Waals surface area contributed by atoms with E-state index in [1.807, 2.05) is 19.1 Å². The molecule has 0 radical (unpaired) electrons. The lowest BCUT2D eigenvalue weighted by molar-refractivity contribution is 0.123. The van der Waals surface area contributed by atoms with Gasteiger partial charge in [-0.15, -0.1) is 0 Å². The van der Waals surface area contributed by atoms with Crippen molar-refractivity contribution in [1.82, 2.24) is 14.2 Å². The number of ether oxygens (including phenoxy) is 1. The predicted octanol–water partition coefficient (Wildman–Crippen LogP) is 4.18. The summed E-state index contributed by atoms with van der Waals surface area (Å²) in [6.45, 7) is 4.37. The van der Waals surface area contributed by atoms with Gasteiger partial charge in [0.15, 0.2) is 0 Å². The van der Waals surface area contributed by atoms with E-state index in [-0.39, 0.29) is 6.09 Å². The molecule has 1 aromatic carbocycles. The van der Waals surface area contributed by atoms with Gasteiger partial charge in [0.05, 0.1) is 12.0 Å². The minimum Gasteiger partial charge on any atom is -0.453 e. The van der Waals surface area contributed by atoms with Crippen molar-refractivity contribution < 1.29 is 17.9 Å². The number of pyridine rings is 1. The molecule has 1 fully saturated rings. The smallest absolute Gasteiger partial charge is 0.409 e. The van der Waals surface area contributed by atoms with Crippen LogP contribution in [0.4, 0.5) is 4.79 Å². The Balaban J connectivity index is 0.000000216. The number of carbonyl (C=O) groups excluding carboxylic acids is 1. The van der Waals surface area contributed by atoms with Crippen LogP contribution < -0.4 is 0 Å². The third kappa shape index (κ3) is 6.97. The molecule has 1 aliphatic rings. The number of carbonyl (C=O) groups is 1. The molecular formula is C21H28ClN3O4S. The average Bonchev–Trinajstić information content (AvgIpc) is 2.79. The van der Waals surface area contributed by atoms with E-state index in [1.165, 1.54) is 7.11 Å². The van der Waals surface area contributed by atoms with Gasteiger partial charge in [0.2, 0.25) is 10.0 Å². The van der Waals surface area contributed by atoms with Crippen LogP contribution >= 0.6 is 11.6 Å². The van der Waals surface area contributed by atoms with Crippen molar-refractivity contribution >= 4 is 27.7 Å². The van der Waals surface area contributed by atoms with Crippen LogP contribution in [-0.2, 0) is 21.3 Å². The number of halogens is 1. The number of rotatable bonds is 5. The van der Waals surface area contributed by atoms with Gasteiger partial charge in [-0.05, 0) is 61.7 Å². The summed E-state index contributed by atoms with van der Waals surface area (Å²) in [5, 5.41) is 0.553. The molecule has 30 heavy (non-hydrogen) atoms. The van der Waals surface area contributed by atoms with E-state index < -0.39 is 10.0 Å². The first kappa shape index (κ1) is 24.1. The van der Waals surface area contributed by atoms with Gasteiger partial charge in [-0.3, -0.25) is 4.98 Å². The molecule has 0 N–H and O–H groups in total. The zero-order valence-corrected chi connectivity index (χ0v) is 18.9. The van der Waals surface area contributed by atoms with Crippen molar-refractivity contribution in [3.63, 3.8) is 0 Å². The highest BCUT2D eigenvalue weighted by atomic mass is 35.5. The van der Waals surface area contributed by atoms with Crippen LogP contribution in [0.1, 0.15) is 31.7 Å². The van der Waals surface area contributed by atoms with Crippen LogP contribution in [0.2, 0.25) is 5.02 Å². The van der Waals surface area contributed by atoms with Crippen molar-refractivity contribution in [2.24, 2.45) is 0 Å². The Kier molecular flexibility index (Phi) is 9.55. The fraction of sp³-hybridized carbons (Fsp3) is 0.429. The molecule has 1 aliphatic heterocycles. The average molecular weight is 454 g/mol. The van der Waals surface area contributed by atoms with Crippen LogP contribution in [0.3, 0.4) is 0 Å². The molecule has 9 heteroatoms. The van der Waals surface area contributed by atoms with Gasteiger partial charge >= 0.3 is 6.09 Å². The lowest BCUT2D eigenvalue weighted by Gasteiger charge is -2.25. The lowest BCUT2D eigenvalue weighted by Crippen LogP contribution is -2.35. The zero-order chi connectivity index (χ0) is 22.0. The lowest BCUT2D eigenvalue weighted by atomic mass is 10.2. The van der Waals surface area contributed by atoms with E-state index in [2.05, 4.69) is 9.72 Å². The molecule has 1 saturated heterocycles. The molecule has 2 heterocycles. The second kappa shape index (κ2) is 11.9. The van der Waals surface area contributed by atoms with E-state index >= 15 is 0 Å². The van der Waals surface area contributed by atoms with Crippen LogP contribution in [0.5, 0.6) is 0 Å². The maximum atomic E-state index is 12.2. The summed E-state index contributed by atoms with van der Waals surface area (Å²) in [6, 6.07) is 10.1. The number of nitrogens with zero attached hydrogens (tertiary/aromatic N) is 3. The van der Waals surface area contributed by atoms with Crippen LogP contribution in [-0.4, -0.2) is 55.4 Å². The highest BCUT2D eigenvalue weighted by Gasteiger charge is 2.25. The SMILES string of the molecule is CCN(Cc1ccncc1)C(=O)OC.O=S(=O)(c1ccc(Cl)cc1)N1CCCCC1. The maximum Gasteiger partial charge on any atom is 0.409 e. The van der Waals surface area contributed by atoms with E-state index in [1.54, 1.807) is 45.9 Å².